The van der Waals surface area contributed by atoms with Crippen molar-refractivity contribution in [2.75, 3.05) is 18.2 Å². The molecule has 0 spiro atoms. The second-order valence-electron chi connectivity index (χ2n) is 4.02. The van der Waals surface area contributed by atoms with Gasteiger partial charge in [-0.1, -0.05) is 11.6 Å². The number of anilines is 2. The van der Waals surface area contributed by atoms with Gasteiger partial charge >= 0.3 is 0 Å². The fourth-order valence-corrected chi connectivity index (χ4v) is 1.96. The quantitative estimate of drug-likeness (QED) is 0.804. The third-order valence-electron chi connectivity index (χ3n) is 2.88. The van der Waals surface area contributed by atoms with Crippen molar-refractivity contribution < 1.29 is 9.13 Å². The molecule has 0 aromatic heterocycles. The van der Waals surface area contributed by atoms with E-state index in [9.17, 15) is 4.39 Å². The van der Waals surface area contributed by atoms with Gasteiger partial charge in [-0.05, 0) is 18.9 Å². The number of nitrogen functional groups attached to an aromatic ring is 1. The number of ether oxygens (including phenoxy) is 1. The molecule has 0 bridgehead atoms. The lowest BCUT2D eigenvalue weighted by Crippen LogP contribution is -2.40. The molecular weight excluding hydrogens is 231 g/mol. The number of halogens is 2. The molecule has 1 aliphatic rings. The van der Waals surface area contributed by atoms with Crippen LogP contribution in [0.25, 0.3) is 0 Å². The average molecular weight is 245 g/mol. The van der Waals surface area contributed by atoms with Gasteiger partial charge in [-0.2, -0.15) is 0 Å². The number of hydrogen-bond acceptors (Lipinski definition) is 3. The predicted molar refractivity (Wildman–Crippen MR) is 63.3 cm³/mol. The van der Waals surface area contributed by atoms with Crippen molar-refractivity contribution in [3.05, 3.63) is 23.0 Å². The molecule has 0 aliphatic heterocycles. The molecule has 0 atom stereocenters. The molecule has 1 aromatic carbocycles. The van der Waals surface area contributed by atoms with E-state index in [2.05, 4.69) is 5.32 Å². The minimum Gasteiger partial charge on any atom is -0.397 e. The lowest BCUT2D eigenvalue weighted by molar-refractivity contribution is 0.0329. The molecule has 0 unspecified atom stereocenters. The van der Waals surface area contributed by atoms with Crippen LogP contribution in [0, 0.1) is 5.82 Å². The zero-order chi connectivity index (χ0) is 11.7. The molecular formula is C11H14ClFN2O. The summed E-state index contributed by atoms with van der Waals surface area (Å²) in [5, 5.41) is 3.22. The van der Waals surface area contributed by atoms with Crippen molar-refractivity contribution in [2.24, 2.45) is 0 Å². The smallest absolute Gasteiger partial charge is 0.143 e. The molecule has 1 fully saturated rings. The highest BCUT2D eigenvalue weighted by molar-refractivity contribution is 6.31. The average Bonchev–Trinajstić information content (AvgIpc) is 2.18. The molecule has 3 nitrogen and oxygen atoms in total. The first-order valence-corrected chi connectivity index (χ1v) is 5.51. The molecule has 88 valence electrons. The molecule has 1 aliphatic carbocycles. The van der Waals surface area contributed by atoms with Crippen molar-refractivity contribution >= 4 is 23.0 Å². The van der Waals surface area contributed by atoms with E-state index in [-0.39, 0.29) is 5.02 Å². The van der Waals surface area contributed by atoms with E-state index in [0.717, 1.165) is 12.8 Å². The SMILES string of the molecule is COC1CC(Nc2cc(F)c(Cl)cc2N)C1. The van der Waals surface area contributed by atoms with E-state index in [1.807, 2.05) is 0 Å². The van der Waals surface area contributed by atoms with Crippen LogP contribution in [0.4, 0.5) is 15.8 Å². The topological polar surface area (TPSA) is 47.3 Å². The van der Waals surface area contributed by atoms with Crippen LogP contribution < -0.4 is 11.1 Å². The summed E-state index contributed by atoms with van der Waals surface area (Å²) in [5.74, 6) is -0.457. The summed E-state index contributed by atoms with van der Waals surface area (Å²) in [7, 11) is 1.69. The van der Waals surface area contributed by atoms with Crippen LogP contribution in [0.5, 0.6) is 0 Å². The normalized spacial score (nSPS) is 23.9. The fraction of sp³-hybridized carbons (Fsp3) is 0.455. The molecule has 16 heavy (non-hydrogen) atoms. The van der Waals surface area contributed by atoms with Crippen molar-refractivity contribution in [3.8, 4) is 0 Å². The van der Waals surface area contributed by atoms with Gasteiger partial charge in [0.15, 0.2) is 0 Å². The Bertz CT molecular complexity index is 394. The van der Waals surface area contributed by atoms with Gasteiger partial charge in [0.2, 0.25) is 0 Å². The van der Waals surface area contributed by atoms with Crippen LogP contribution >= 0.6 is 11.6 Å². The van der Waals surface area contributed by atoms with Crippen LogP contribution in [0.3, 0.4) is 0 Å². The molecule has 0 amide bonds. The first kappa shape index (κ1) is 11.5. The van der Waals surface area contributed by atoms with Crippen molar-refractivity contribution in [1.82, 2.24) is 0 Å². The first-order chi connectivity index (χ1) is 7.60. The highest BCUT2D eigenvalue weighted by atomic mass is 35.5. The summed E-state index contributed by atoms with van der Waals surface area (Å²) in [6.07, 6.45) is 2.14. The second-order valence-corrected chi connectivity index (χ2v) is 4.43. The van der Waals surface area contributed by atoms with Crippen LogP contribution in [0.15, 0.2) is 12.1 Å². The fourth-order valence-electron chi connectivity index (χ4n) is 1.78. The highest BCUT2D eigenvalue weighted by Crippen LogP contribution is 2.31. The number of methoxy groups -OCH3 is 1. The van der Waals surface area contributed by atoms with Gasteiger partial charge in [0.05, 0.1) is 22.5 Å². The Balaban J connectivity index is 2.02. The standard InChI is InChI=1S/C11H14ClFN2O/c1-16-7-2-6(3-7)15-11-5-9(13)8(12)4-10(11)14/h4-7,15H,2-3,14H2,1H3. The largest absolute Gasteiger partial charge is 0.397 e. The maximum absolute atomic E-state index is 13.2. The third-order valence-corrected chi connectivity index (χ3v) is 3.17. The molecule has 0 radical (unpaired) electrons. The molecule has 0 heterocycles. The number of hydrogen-bond donors (Lipinski definition) is 2. The summed E-state index contributed by atoms with van der Waals surface area (Å²) < 4.78 is 18.4. The van der Waals surface area contributed by atoms with Crippen molar-refractivity contribution in [3.63, 3.8) is 0 Å². The van der Waals surface area contributed by atoms with Crippen LogP contribution in [0.2, 0.25) is 5.02 Å². The van der Waals surface area contributed by atoms with Gasteiger partial charge in [0, 0.05) is 19.2 Å². The lowest BCUT2D eigenvalue weighted by atomic mass is 9.89. The first-order valence-electron chi connectivity index (χ1n) is 5.14. The Labute approximate surface area is 98.7 Å². The van der Waals surface area contributed by atoms with Gasteiger partial charge < -0.3 is 15.8 Å². The molecule has 1 aromatic rings. The summed E-state index contributed by atoms with van der Waals surface area (Å²) >= 11 is 5.61. The van der Waals surface area contributed by atoms with Gasteiger partial charge in [0.1, 0.15) is 5.82 Å². The van der Waals surface area contributed by atoms with Gasteiger partial charge in [-0.15, -0.1) is 0 Å². The van der Waals surface area contributed by atoms with Crippen LogP contribution in [0.1, 0.15) is 12.8 Å². The van der Waals surface area contributed by atoms with Crippen LogP contribution in [-0.2, 0) is 4.74 Å². The zero-order valence-electron chi connectivity index (χ0n) is 8.97. The molecule has 1 saturated carbocycles. The summed E-state index contributed by atoms with van der Waals surface area (Å²) in [6, 6.07) is 3.05. The Kier molecular flexibility index (Phi) is 3.21. The summed E-state index contributed by atoms with van der Waals surface area (Å²) in [6.45, 7) is 0. The molecule has 0 saturated heterocycles. The minimum absolute atomic E-state index is 0.0476. The lowest BCUT2D eigenvalue weighted by Gasteiger charge is -2.35. The second kappa shape index (κ2) is 4.47. The van der Waals surface area contributed by atoms with Gasteiger partial charge in [-0.3, -0.25) is 0 Å². The van der Waals surface area contributed by atoms with Gasteiger partial charge in [-0.25, -0.2) is 4.39 Å². The third kappa shape index (κ3) is 2.23. The number of nitrogens with two attached hydrogens (primary N) is 1. The predicted octanol–water partition coefficient (Wildman–Crippen LogP) is 2.65. The number of rotatable bonds is 3. The Morgan fingerprint density at radius 2 is 2.19 bits per heavy atom. The Morgan fingerprint density at radius 3 is 2.81 bits per heavy atom. The van der Waals surface area contributed by atoms with E-state index in [1.54, 1.807) is 7.11 Å². The summed E-state index contributed by atoms with van der Waals surface area (Å²) in [5.41, 5.74) is 6.80. The maximum atomic E-state index is 13.2. The van der Waals surface area contributed by atoms with E-state index < -0.39 is 5.82 Å². The monoisotopic (exact) mass is 244 g/mol. The van der Waals surface area contributed by atoms with E-state index in [1.165, 1.54) is 12.1 Å². The summed E-state index contributed by atoms with van der Waals surface area (Å²) in [4.78, 5) is 0. The maximum Gasteiger partial charge on any atom is 0.143 e. The highest BCUT2D eigenvalue weighted by Gasteiger charge is 2.29. The molecule has 3 N–H and O–H groups in total. The molecule has 5 heteroatoms. The number of benzene rings is 1. The van der Waals surface area contributed by atoms with Gasteiger partial charge in [0.25, 0.3) is 0 Å². The van der Waals surface area contributed by atoms with Crippen molar-refractivity contribution in [2.45, 2.75) is 25.0 Å². The Hall–Kier alpha value is -1.00. The van der Waals surface area contributed by atoms with Crippen LogP contribution in [-0.4, -0.2) is 19.3 Å². The Morgan fingerprint density at radius 1 is 1.50 bits per heavy atom. The van der Waals surface area contributed by atoms with E-state index in [4.69, 9.17) is 22.1 Å². The molecule has 2 rings (SSSR count). The van der Waals surface area contributed by atoms with Crippen molar-refractivity contribution in [1.29, 1.82) is 0 Å². The zero-order valence-corrected chi connectivity index (χ0v) is 9.72. The minimum atomic E-state index is -0.457. The number of nitrogens with one attached hydrogen (secondary N) is 1. The van der Waals surface area contributed by atoms with E-state index >= 15 is 0 Å². The van der Waals surface area contributed by atoms with E-state index in [0.29, 0.717) is 23.5 Å².